The van der Waals surface area contributed by atoms with Crippen molar-refractivity contribution in [2.75, 3.05) is 32.8 Å². The van der Waals surface area contributed by atoms with E-state index in [1.54, 1.807) is 0 Å². The van der Waals surface area contributed by atoms with Gasteiger partial charge in [-0.25, -0.2) is 0 Å². The lowest BCUT2D eigenvalue weighted by molar-refractivity contribution is 0.132. The van der Waals surface area contributed by atoms with Gasteiger partial charge in [0.1, 0.15) is 0 Å². The lowest BCUT2D eigenvalue weighted by atomic mass is 10.1. The topological polar surface area (TPSA) is 56.3 Å². The molecule has 5 nitrogen and oxygen atoms in total. The van der Waals surface area contributed by atoms with Gasteiger partial charge in [0.25, 0.3) is 0 Å². The Balaban J connectivity index is 2.17. The number of hydrogen-bond acceptors (Lipinski definition) is 4. The molecule has 17 heavy (non-hydrogen) atoms. The summed E-state index contributed by atoms with van der Waals surface area (Å²) in [6.07, 6.45) is 3.02. The smallest absolute Gasteiger partial charge is 0.0593 e. The van der Waals surface area contributed by atoms with E-state index in [4.69, 9.17) is 10.5 Å². The van der Waals surface area contributed by atoms with Crippen molar-refractivity contribution in [3.05, 3.63) is 17.5 Å². The zero-order valence-corrected chi connectivity index (χ0v) is 10.7. The third-order valence-electron chi connectivity index (χ3n) is 3.55. The summed E-state index contributed by atoms with van der Waals surface area (Å²) >= 11 is 0. The van der Waals surface area contributed by atoms with Crippen LogP contribution in [-0.2, 0) is 11.8 Å². The summed E-state index contributed by atoms with van der Waals surface area (Å²) in [5, 5.41) is 4.31. The van der Waals surface area contributed by atoms with Gasteiger partial charge in [0.15, 0.2) is 0 Å². The molecule has 0 spiro atoms. The van der Waals surface area contributed by atoms with E-state index < -0.39 is 0 Å². The van der Waals surface area contributed by atoms with E-state index in [0.29, 0.717) is 6.54 Å². The van der Waals surface area contributed by atoms with Crippen LogP contribution in [0.2, 0.25) is 0 Å². The highest BCUT2D eigenvalue weighted by molar-refractivity contribution is 5.21. The molecule has 1 unspecified atom stereocenters. The SMILES string of the molecule is Cc1c(C(CN)N2CCCOCC2)cnn1C. The first-order valence-corrected chi connectivity index (χ1v) is 6.24. The van der Waals surface area contributed by atoms with Crippen LogP contribution in [0.5, 0.6) is 0 Å². The number of nitrogens with zero attached hydrogens (tertiary/aromatic N) is 3. The normalized spacial score (nSPS) is 20.2. The lowest BCUT2D eigenvalue weighted by Crippen LogP contribution is -2.35. The first-order chi connectivity index (χ1) is 8.24. The molecule has 2 rings (SSSR count). The van der Waals surface area contributed by atoms with Crippen LogP contribution in [0, 0.1) is 6.92 Å². The fourth-order valence-electron chi connectivity index (χ4n) is 2.39. The van der Waals surface area contributed by atoms with Crippen LogP contribution < -0.4 is 5.73 Å². The van der Waals surface area contributed by atoms with Crippen molar-refractivity contribution >= 4 is 0 Å². The highest BCUT2D eigenvalue weighted by Gasteiger charge is 2.23. The van der Waals surface area contributed by atoms with Crippen molar-refractivity contribution in [3.63, 3.8) is 0 Å². The molecule has 0 bridgehead atoms. The molecule has 2 N–H and O–H groups in total. The fraction of sp³-hybridized carbons (Fsp3) is 0.750. The predicted molar refractivity (Wildman–Crippen MR) is 66.7 cm³/mol. The maximum atomic E-state index is 5.95. The molecular weight excluding hydrogens is 216 g/mol. The molecule has 5 heteroatoms. The van der Waals surface area contributed by atoms with Gasteiger partial charge in [-0.3, -0.25) is 9.58 Å². The van der Waals surface area contributed by atoms with Crippen LogP contribution in [0.15, 0.2) is 6.20 Å². The largest absolute Gasteiger partial charge is 0.380 e. The second-order valence-electron chi connectivity index (χ2n) is 4.56. The van der Waals surface area contributed by atoms with E-state index in [-0.39, 0.29) is 6.04 Å². The zero-order valence-electron chi connectivity index (χ0n) is 10.7. The molecule has 2 heterocycles. The molecular formula is C12H22N4O. The Morgan fingerprint density at radius 1 is 1.47 bits per heavy atom. The number of nitrogens with two attached hydrogens (primary N) is 1. The summed E-state index contributed by atoms with van der Waals surface area (Å²) in [6, 6.07) is 0.269. The molecule has 1 atom stereocenters. The highest BCUT2D eigenvalue weighted by atomic mass is 16.5. The number of rotatable bonds is 3. The van der Waals surface area contributed by atoms with Crippen molar-refractivity contribution in [1.29, 1.82) is 0 Å². The van der Waals surface area contributed by atoms with Crippen molar-refractivity contribution in [3.8, 4) is 0 Å². The minimum Gasteiger partial charge on any atom is -0.380 e. The van der Waals surface area contributed by atoms with E-state index in [1.165, 1.54) is 11.3 Å². The van der Waals surface area contributed by atoms with Crippen molar-refractivity contribution in [2.24, 2.45) is 12.8 Å². The van der Waals surface area contributed by atoms with Gasteiger partial charge in [-0.2, -0.15) is 5.10 Å². The van der Waals surface area contributed by atoms with Crippen LogP contribution >= 0.6 is 0 Å². The molecule has 96 valence electrons. The monoisotopic (exact) mass is 238 g/mol. The molecule has 0 amide bonds. The first kappa shape index (κ1) is 12.5. The fourth-order valence-corrected chi connectivity index (χ4v) is 2.39. The predicted octanol–water partition coefficient (Wildman–Crippen LogP) is 0.451. The van der Waals surface area contributed by atoms with Gasteiger partial charge in [0, 0.05) is 44.5 Å². The maximum Gasteiger partial charge on any atom is 0.0593 e. The Hall–Kier alpha value is -0.910. The Kier molecular flexibility index (Phi) is 4.15. The van der Waals surface area contributed by atoms with Gasteiger partial charge in [-0.05, 0) is 13.3 Å². The molecule has 1 aliphatic heterocycles. The molecule has 0 radical (unpaired) electrons. The zero-order chi connectivity index (χ0) is 12.3. The van der Waals surface area contributed by atoms with Crippen LogP contribution in [0.1, 0.15) is 23.7 Å². The average molecular weight is 238 g/mol. The van der Waals surface area contributed by atoms with Crippen LogP contribution in [0.3, 0.4) is 0 Å². The highest BCUT2D eigenvalue weighted by Crippen LogP contribution is 2.23. The van der Waals surface area contributed by atoms with Gasteiger partial charge in [0.2, 0.25) is 0 Å². The minimum absolute atomic E-state index is 0.269. The van der Waals surface area contributed by atoms with Crippen molar-refractivity contribution < 1.29 is 4.74 Å². The molecule has 0 aromatic carbocycles. The van der Waals surface area contributed by atoms with E-state index >= 15 is 0 Å². The average Bonchev–Trinajstić information content (AvgIpc) is 2.59. The summed E-state index contributed by atoms with van der Waals surface area (Å²) in [5.74, 6) is 0. The van der Waals surface area contributed by atoms with Gasteiger partial charge >= 0.3 is 0 Å². The van der Waals surface area contributed by atoms with E-state index in [1.807, 2.05) is 17.9 Å². The number of hydrogen-bond donors (Lipinski definition) is 1. The number of aromatic nitrogens is 2. The van der Waals surface area contributed by atoms with Gasteiger partial charge < -0.3 is 10.5 Å². The molecule has 1 fully saturated rings. The third-order valence-corrected chi connectivity index (χ3v) is 3.55. The van der Waals surface area contributed by atoms with Gasteiger partial charge in [0.05, 0.1) is 18.8 Å². The van der Waals surface area contributed by atoms with Crippen LogP contribution in [0.4, 0.5) is 0 Å². The second-order valence-corrected chi connectivity index (χ2v) is 4.56. The summed E-state index contributed by atoms with van der Waals surface area (Å²) in [6.45, 7) is 6.40. The van der Waals surface area contributed by atoms with Gasteiger partial charge in [-0.1, -0.05) is 0 Å². The quantitative estimate of drug-likeness (QED) is 0.830. The Morgan fingerprint density at radius 2 is 2.29 bits per heavy atom. The molecule has 1 aromatic heterocycles. The first-order valence-electron chi connectivity index (χ1n) is 6.24. The second kappa shape index (κ2) is 5.62. The number of ether oxygens (including phenoxy) is 1. The van der Waals surface area contributed by atoms with E-state index in [2.05, 4.69) is 16.9 Å². The Bertz CT molecular complexity index is 355. The lowest BCUT2D eigenvalue weighted by Gasteiger charge is -2.29. The summed E-state index contributed by atoms with van der Waals surface area (Å²) < 4.78 is 7.40. The summed E-state index contributed by atoms with van der Waals surface area (Å²) in [7, 11) is 1.97. The van der Waals surface area contributed by atoms with Crippen LogP contribution in [-0.4, -0.2) is 47.5 Å². The maximum absolute atomic E-state index is 5.95. The summed E-state index contributed by atoms with van der Waals surface area (Å²) in [5.41, 5.74) is 8.39. The summed E-state index contributed by atoms with van der Waals surface area (Å²) in [4.78, 5) is 2.41. The van der Waals surface area contributed by atoms with E-state index in [0.717, 1.165) is 32.7 Å². The third kappa shape index (κ3) is 2.68. The molecule has 1 aliphatic rings. The molecule has 1 saturated heterocycles. The van der Waals surface area contributed by atoms with Crippen LogP contribution in [0.25, 0.3) is 0 Å². The minimum atomic E-state index is 0.269. The Labute approximate surface area is 103 Å². The standard InChI is InChI=1S/C12H22N4O/c1-10-11(9-14-15(10)2)12(8-13)16-4-3-6-17-7-5-16/h9,12H,3-8,13H2,1-2H3. The number of aryl methyl sites for hydroxylation is 1. The van der Waals surface area contributed by atoms with Gasteiger partial charge in [-0.15, -0.1) is 0 Å². The Morgan fingerprint density at radius 3 is 2.94 bits per heavy atom. The molecule has 1 aromatic rings. The van der Waals surface area contributed by atoms with Crippen molar-refractivity contribution in [2.45, 2.75) is 19.4 Å². The van der Waals surface area contributed by atoms with Crippen molar-refractivity contribution in [1.82, 2.24) is 14.7 Å². The molecule has 0 saturated carbocycles. The molecule has 0 aliphatic carbocycles. The van der Waals surface area contributed by atoms with E-state index in [9.17, 15) is 0 Å².